The van der Waals surface area contributed by atoms with Crippen LogP contribution in [0.3, 0.4) is 0 Å². The van der Waals surface area contributed by atoms with Gasteiger partial charge in [-0.15, -0.1) is 0 Å². The predicted octanol–water partition coefficient (Wildman–Crippen LogP) is 3.66. The molecule has 3 heteroatoms. The van der Waals surface area contributed by atoms with E-state index in [1.165, 1.54) is 32.1 Å². The first-order valence-electron chi connectivity index (χ1n) is 6.76. The van der Waals surface area contributed by atoms with Gasteiger partial charge in [-0.05, 0) is 39.9 Å². The highest BCUT2D eigenvalue weighted by Crippen LogP contribution is 2.40. The van der Waals surface area contributed by atoms with E-state index >= 15 is 0 Å². The van der Waals surface area contributed by atoms with Crippen LogP contribution in [-0.2, 0) is 9.31 Å². The Morgan fingerprint density at radius 1 is 0.938 bits per heavy atom. The Labute approximate surface area is 100 Å². The molecular weight excluding hydrogens is 199 g/mol. The zero-order valence-electron chi connectivity index (χ0n) is 11.2. The molecule has 0 bridgehead atoms. The van der Waals surface area contributed by atoms with Gasteiger partial charge in [-0.1, -0.05) is 32.1 Å². The lowest BCUT2D eigenvalue weighted by molar-refractivity contribution is 0.00578. The zero-order valence-corrected chi connectivity index (χ0v) is 11.2. The van der Waals surface area contributed by atoms with E-state index in [1.54, 1.807) is 0 Å². The summed E-state index contributed by atoms with van der Waals surface area (Å²) in [6.07, 6.45) is 8.02. The van der Waals surface area contributed by atoms with E-state index < -0.39 is 0 Å². The maximum Gasteiger partial charge on any atom is 0.458 e. The van der Waals surface area contributed by atoms with Crippen LogP contribution in [0, 0.1) is 5.92 Å². The second-order valence-electron chi connectivity index (χ2n) is 6.43. The summed E-state index contributed by atoms with van der Waals surface area (Å²) in [5, 5.41) is 0. The van der Waals surface area contributed by atoms with Crippen LogP contribution in [0.2, 0.25) is 6.32 Å². The van der Waals surface area contributed by atoms with Crippen LogP contribution in [0.15, 0.2) is 0 Å². The predicted molar refractivity (Wildman–Crippen MR) is 67.5 cm³/mol. The van der Waals surface area contributed by atoms with Crippen LogP contribution >= 0.6 is 0 Å². The van der Waals surface area contributed by atoms with E-state index in [4.69, 9.17) is 9.31 Å². The van der Waals surface area contributed by atoms with E-state index in [2.05, 4.69) is 27.7 Å². The van der Waals surface area contributed by atoms with Gasteiger partial charge in [0.2, 0.25) is 0 Å². The van der Waals surface area contributed by atoms with Gasteiger partial charge in [0.15, 0.2) is 0 Å². The normalized spacial score (nSPS) is 29.6. The second-order valence-corrected chi connectivity index (χ2v) is 6.43. The molecule has 0 N–H and O–H groups in total. The lowest BCUT2D eigenvalue weighted by Gasteiger charge is -2.32. The van der Waals surface area contributed by atoms with Crippen LogP contribution in [0.1, 0.15) is 59.8 Å². The van der Waals surface area contributed by atoms with Gasteiger partial charge in [-0.2, -0.15) is 0 Å². The van der Waals surface area contributed by atoms with Crippen LogP contribution in [0.5, 0.6) is 0 Å². The number of hydrogen-bond acceptors (Lipinski definition) is 2. The minimum Gasteiger partial charge on any atom is -0.403 e. The Kier molecular flexibility index (Phi) is 3.38. The van der Waals surface area contributed by atoms with Gasteiger partial charge >= 0.3 is 7.12 Å². The molecule has 0 spiro atoms. The van der Waals surface area contributed by atoms with Crippen molar-refractivity contribution in [2.45, 2.75) is 77.3 Å². The van der Waals surface area contributed by atoms with Crippen molar-refractivity contribution in [3.8, 4) is 0 Å². The maximum atomic E-state index is 6.04. The molecule has 16 heavy (non-hydrogen) atoms. The first-order valence-corrected chi connectivity index (χ1v) is 6.76. The summed E-state index contributed by atoms with van der Waals surface area (Å²) in [5.74, 6) is 0.823. The molecule has 0 aromatic heterocycles. The Bertz CT molecular complexity index is 228. The van der Waals surface area contributed by atoms with Crippen LogP contribution in [-0.4, -0.2) is 18.3 Å². The lowest BCUT2D eigenvalue weighted by Crippen LogP contribution is -2.41. The summed E-state index contributed by atoms with van der Waals surface area (Å²) in [5.41, 5.74) is -0.321. The van der Waals surface area contributed by atoms with Crippen LogP contribution in [0.4, 0.5) is 0 Å². The second kappa shape index (κ2) is 4.34. The van der Waals surface area contributed by atoms with Gasteiger partial charge in [-0.3, -0.25) is 0 Å². The largest absolute Gasteiger partial charge is 0.458 e. The Morgan fingerprint density at radius 2 is 1.44 bits per heavy atom. The Morgan fingerprint density at radius 3 is 1.94 bits per heavy atom. The molecule has 0 radical (unpaired) electrons. The fourth-order valence-electron chi connectivity index (χ4n) is 2.76. The average molecular weight is 224 g/mol. The quantitative estimate of drug-likeness (QED) is 0.666. The third-order valence-electron chi connectivity index (χ3n) is 4.55. The van der Waals surface area contributed by atoms with Crippen molar-refractivity contribution in [3.63, 3.8) is 0 Å². The fourth-order valence-corrected chi connectivity index (χ4v) is 2.76. The highest BCUT2D eigenvalue weighted by atomic mass is 16.7. The number of rotatable bonds is 2. The molecule has 2 nitrogen and oxygen atoms in total. The highest BCUT2D eigenvalue weighted by molar-refractivity contribution is 6.45. The SMILES string of the molecule is CC1(C)OB(CC2CCCCC2)OC1(C)C. The molecule has 0 aromatic carbocycles. The summed E-state index contributed by atoms with van der Waals surface area (Å²) in [6.45, 7) is 8.53. The van der Waals surface area contributed by atoms with E-state index in [9.17, 15) is 0 Å². The Balaban J connectivity index is 1.88. The van der Waals surface area contributed by atoms with Crippen LogP contribution < -0.4 is 0 Å². The topological polar surface area (TPSA) is 18.5 Å². The van der Waals surface area contributed by atoms with Gasteiger partial charge in [-0.25, -0.2) is 0 Å². The van der Waals surface area contributed by atoms with Crippen molar-refractivity contribution in [2.24, 2.45) is 5.92 Å². The Hall–Kier alpha value is -0.0151. The summed E-state index contributed by atoms with van der Waals surface area (Å²) in [7, 11) is 0.0214. The maximum absolute atomic E-state index is 6.04. The van der Waals surface area contributed by atoms with Crippen molar-refractivity contribution in [1.82, 2.24) is 0 Å². The molecule has 2 aliphatic rings. The van der Waals surface area contributed by atoms with Crippen molar-refractivity contribution < 1.29 is 9.31 Å². The first kappa shape index (κ1) is 12.4. The molecule has 92 valence electrons. The molecule has 1 saturated heterocycles. The lowest BCUT2D eigenvalue weighted by atomic mass is 9.72. The van der Waals surface area contributed by atoms with E-state index in [1.807, 2.05) is 0 Å². The standard InChI is InChI=1S/C13H25BO2/c1-12(2)13(3,4)16-14(15-12)10-11-8-6-5-7-9-11/h11H,5-10H2,1-4H3. The molecule has 1 saturated carbocycles. The molecule has 1 heterocycles. The van der Waals surface area contributed by atoms with Gasteiger partial charge < -0.3 is 9.31 Å². The smallest absolute Gasteiger partial charge is 0.403 e. The molecule has 0 aromatic rings. The molecule has 2 fully saturated rings. The van der Waals surface area contributed by atoms with Crippen molar-refractivity contribution in [2.75, 3.05) is 0 Å². The van der Waals surface area contributed by atoms with Gasteiger partial charge in [0.1, 0.15) is 0 Å². The minimum absolute atomic E-state index is 0.0214. The number of hydrogen-bond donors (Lipinski definition) is 0. The molecule has 0 atom stereocenters. The fraction of sp³-hybridized carbons (Fsp3) is 1.00. The van der Waals surface area contributed by atoms with Gasteiger partial charge in [0.05, 0.1) is 11.2 Å². The van der Waals surface area contributed by atoms with Crippen molar-refractivity contribution in [1.29, 1.82) is 0 Å². The molecule has 0 unspecified atom stereocenters. The van der Waals surface area contributed by atoms with E-state index in [-0.39, 0.29) is 18.3 Å². The van der Waals surface area contributed by atoms with Gasteiger partial charge in [0, 0.05) is 0 Å². The summed E-state index contributed by atoms with van der Waals surface area (Å²) < 4.78 is 12.1. The third kappa shape index (κ3) is 2.46. The third-order valence-corrected chi connectivity index (χ3v) is 4.55. The molecular formula is C13H25BO2. The monoisotopic (exact) mass is 224 g/mol. The summed E-state index contributed by atoms with van der Waals surface area (Å²) in [4.78, 5) is 0. The van der Waals surface area contributed by atoms with Crippen molar-refractivity contribution >= 4 is 7.12 Å². The minimum atomic E-state index is -0.160. The molecule has 1 aliphatic heterocycles. The van der Waals surface area contributed by atoms with E-state index in [0.29, 0.717) is 0 Å². The highest BCUT2D eigenvalue weighted by Gasteiger charge is 2.51. The summed E-state index contributed by atoms with van der Waals surface area (Å²) in [6, 6.07) is 0. The van der Waals surface area contributed by atoms with E-state index in [0.717, 1.165) is 12.2 Å². The summed E-state index contributed by atoms with van der Waals surface area (Å²) >= 11 is 0. The first-order chi connectivity index (χ1) is 7.41. The van der Waals surface area contributed by atoms with Crippen LogP contribution in [0.25, 0.3) is 0 Å². The molecule has 0 amide bonds. The molecule has 2 rings (SSSR count). The van der Waals surface area contributed by atoms with Crippen molar-refractivity contribution in [3.05, 3.63) is 0 Å². The zero-order chi connectivity index (χ0) is 11.8. The van der Waals surface area contributed by atoms with Gasteiger partial charge in [0.25, 0.3) is 0 Å². The molecule has 1 aliphatic carbocycles. The average Bonchev–Trinajstić information content (AvgIpc) is 2.36.